The molecule has 1 aromatic carbocycles. The third-order valence-corrected chi connectivity index (χ3v) is 8.05. The highest BCUT2D eigenvalue weighted by Crippen LogP contribution is 2.56. The van der Waals surface area contributed by atoms with Crippen LogP contribution in [0.3, 0.4) is 0 Å². The van der Waals surface area contributed by atoms with Gasteiger partial charge in [0, 0.05) is 19.2 Å². The topological polar surface area (TPSA) is 79.4 Å². The third-order valence-electron chi connectivity index (χ3n) is 6.44. The summed E-state index contributed by atoms with van der Waals surface area (Å²) in [7, 11) is -3.09. The SMILES string of the molecule is O=C(c1ncc(Nc2ccc(F)cc2F)c2c1C1CCC2C1)N1CCS(=O)(=O)CC1. The molecule has 0 radical (unpaired) electrons. The van der Waals surface area contributed by atoms with E-state index in [9.17, 15) is 22.0 Å². The highest BCUT2D eigenvalue weighted by Gasteiger charge is 2.43. The maximum atomic E-state index is 14.2. The van der Waals surface area contributed by atoms with E-state index in [-0.39, 0.29) is 48.0 Å². The molecule has 2 unspecified atom stereocenters. The molecule has 3 aliphatic rings. The molecule has 2 aromatic rings. The number of carbonyl (C=O) groups is 1. The molecule has 1 amide bonds. The predicted octanol–water partition coefficient (Wildman–Crippen LogP) is 3.34. The molecule has 2 aliphatic carbocycles. The van der Waals surface area contributed by atoms with Gasteiger partial charge in [-0.15, -0.1) is 0 Å². The zero-order valence-corrected chi connectivity index (χ0v) is 17.0. The normalized spacial score (nSPS) is 24.0. The summed E-state index contributed by atoms with van der Waals surface area (Å²) in [6.07, 6.45) is 4.44. The Kier molecular flexibility index (Phi) is 4.53. The van der Waals surface area contributed by atoms with Crippen molar-refractivity contribution in [3.63, 3.8) is 0 Å². The van der Waals surface area contributed by atoms with E-state index in [1.807, 2.05) is 0 Å². The molecule has 1 N–H and O–H groups in total. The molecule has 30 heavy (non-hydrogen) atoms. The van der Waals surface area contributed by atoms with E-state index in [4.69, 9.17) is 0 Å². The quantitative estimate of drug-likeness (QED) is 0.803. The van der Waals surface area contributed by atoms with Gasteiger partial charge in [-0.3, -0.25) is 4.79 Å². The smallest absolute Gasteiger partial charge is 0.272 e. The Balaban J connectivity index is 1.50. The molecule has 158 valence electrons. The summed E-state index contributed by atoms with van der Waals surface area (Å²) in [5.74, 6) is -1.15. The molecule has 1 aliphatic heterocycles. The number of pyridine rings is 1. The van der Waals surface area contributed by atoms with Crippen molar-refractivity contribution < 1.29 is 22.0 Å². The van der Waals surface area contributed by atoms with Crippen LogP contribution in [-0.4, -0.2) is 48.8 Å². The van der Waals surface area contributed by atoms with Crippen molar-refractivity contribution in [2.24, 2.45) is 0 Å². The Morgan fingerprint density at radius 2 is 1.77 bits per heavy atom. The first-order valence-electron chi connectivity index (χ1n) is 10.1. The molecule has 2 heterocycles. The number of sulfone groups is 1. The number of halogens is 2. The van der Waals surface area contributed by atoms with E-state index in [2.05, 4.69) is 10.3 Å². The highest BCUT2D eigenvalue weighted by molar-refractivity contribution is 7.91. The zero-order valence-electron chi connectivity index (χ0n) is 16.2. The molecule has 1 aromatic heterocycles. The van der Waals surface area contributed by atoms with Crippen molar-refractivity contribution in [3.05, 3.63) is 52.9 Å². The van der Waals surface area contributed by atoms with Crippen molar-refractivity contribution in [2.75, 3.05) is 29.9 Å². The lowest BCUT2D eigenvalue weighted by molar-refractivity contribution is 0.0762. The van der Waals surface area contributed by atoms with Crippen LogP contribution in [0.15, 0.2) is 24.4 Å². The average molecular weight is 433 g/mol. The van der Waals surface area contributed by atoms with E-state index in [0.717, 1.165) is 36.5 Å². The molecule has 2 bridgehead atoms. The predicted molar refractivity (Wildman–Crippen MR) is 108 cm³/mol. The summed E-state index contributed by atoms with van der Waals surface area (Å²) < 4.78 is 50.8. The Labute approximate surface area is 173 Å². The maximum Gasteiger partial charge on any atom is 0.272 e. The number of hydrogen-bond donors (Lipinski definition) is 1. The van der Waals surface area contributed by atoms with Crippen molar-refractivity contribution in [1.82, 2.24) is 9.88 Å². The van der Waals surface area contributed by atoms with E-state index < -0.39 is 21.5 Å². The molecule has 9 heteroatoms. The summed E-state index contributed by atoms with van der Waals surface area (Å²) in [6, 6.07) is 3.36. The van der Waals surface area contributed by atoms with Gasteiger partial charge in [0.25, 0.3) is 5.91 Å². The molecular weight excluding hydrogens is 412 g/mol. The van der Waals surface area contributed by atoms with Crippen molar-refractivity contribution in [3.8, 4) is 0 Å². The van der Waals surface area contributed by atoms with Gasteiger partial charge in [-0.1, -0.05) is 0 Å². The van der Waals surface area contributed by atoms with Gasteiger partial charge in [-0.2, -0.15) is 0 Å². The number of nitrogens with zero attached hydrogens (tertiary/aromatic N) is 2. The lowest BCUT2D eigenvalue weighted by Gasteiger charge is -2.28. The molecule has 1 saturated heterocycles. The summed E-state index contributed by atoms with van der Waals surface area (Å²) in [5.41, 5.74) is 3.06. The monoisotopic (exact) mass is 433 g/mol. The van der Waals surface area contributed by atoms with Gasteiger partial charge in [-0.05, 0) is 54.4 Å². The minimum atomic E-state index is -3.09. The van der Waals surface area contributed by atoms with Gasteiger partial charge in [0.15, 0.2) is 9.84 Å². The maximum absolute atomic E-state index is 14.2. The number of anilines is 2. The number of benzene rings is 1. The Bertz CT molecular complexity index is 1140. The molecule has 0 spiro atoms. The molecule has 2 atom stereocenters. The lowest BCUT2D eigenvalue weighted by atomic mass is 9.89. The fourth-order valence-electron chi connectivity index (χ4n) is 4.97. The minimum absolute atomic E-state index is 0.0313. The second-order valence-corrected chi connectivity index (χ2v) is 10.6. The van der Waals surface area contributed by atoms with Crippen molar-refractivity contribution in [1.29, 1.82) is 0 Å². The van der Waals surface area contributed by atoms with E-state index in [0.29, 0.717) is 11.4 Å². The van der Waals surface area contributed by atoms with Gasteiger partial charge in [0.1, 0.15) is 17.3 Å². The standard InChI is InChI=1S/C21H21F2N3O3S/c22-14-3-4-16(15(23)10-14)25-17-11-24-20(19-13-2-1-12(9-13)18(17)19)21(27)26-5-7-30(28,29)8-6-26/h3-4,10-13,25H,1-2,5-9H2. The zero-order chi connectivity index (χ0) is 21.0. The Morgan fingerprint density at radius 3 is 2.47 bits per heavy atom. The fourth-order valence-corrected chi connectivity index (χ4v) is 6.17. The van der Waals surface area contributed by atoms with Gasteiger partial charge < -0.3 is 10.2 Å². The van der Waals surface area contributed by atoms with Gasteiger partial charge in [0.2, 0.25) is 0 Å². The van der Waals surface area contributed by atoms with Crippen LogP contribution in [0.4, 0.5) is 20.2 Å². The summed E-state index contributed by atoms with van der Waals surface area (Å²) in [4.78, 5) is 19.1. The van der Waals surface area contributed by atoms with Crippen LogP contribution in [0.25, 0.3) is 0 Å². The summed E-state index contributed by atoms with van der Waals surface area (Å²) >= 11 is 0. The van der Waals surface area contributed by atoms with Crippen molar-refractivity contribution >= 4 is 27.1 Å². The van der Waals surface area contributed by atoms with Crippen LogP contribution in [0.5, 0.6) is 0 Å². The van der Waals surface area contributed by atoms with E-state index in [1.165, 1.54) is 18.3 Å². The van der Waals surface area contributed by atoms with Crippen molar-refractivity contribution in [2.45, 2.75) is 31.1 Å². The fraction of sp³-hybridized carbons (Fsp3) is 0.429. The molecular formula is C21H21F2N3O3S. The van der Waals surface area contributed by atoms with Crippen LogP contribution in [-0.2, 0) is 9.84 Å². The lowest BCUT2D eigenvalue weighted by Crippen LogP contribution is -2.44. The van der Waals surface area contributed by atoms with Crippen LogP contribution in [0.1, 0.15) is 52.7 Å². The number of fused-ring (bicyclic) bond motifs is 5. The number of aromatic nitrogens is 1. The first-order valence-corrected chi connectivity index (χ1v) is 11.9. The highest BCUT2D eigenvalue weighted by atomic mass is 32.2. The first kappa shape index (κ1) is 19.4. The molecule has 6 nitrogen and oxygen atoms in total. The Hall–Kier alpha value is -2.55. The number of rotatable bonds is 3. The largest absolute Gasteiger partial charge is 0.352 e. The van der Waals surface area contributed by atoms with Crippen LogP contribution in [0, 0.1) is 11.6 Å². The van der Waals surface area contributed by atoms with Gasteiger partial charge in [-0.25, -0.2) is 22.2 Å². The van der Waals surface area contributed by atoms with Gasteiger partial charge in [0.05, 0.1) is 29.1 Å². The number of nitrogens with one attached hydrogen (secondary N) is 1. The molecule has 2 fully saturated rings. The minimum Gasteiger partial charge on any atom is -0.352 e. The number of carbonyl (C=O) groups excluding carboxylic acids is 1. The van der Waals surface area contributed by atoms with Crippen LogP contribution >= 0.6 is 0 Å². The summed E-state index contributed by atoms with van der Waals surface area (Å²) in [6.45, 7) is 0.346. The second kappa shape index (κ2) is 7.01. The number of amides is 1. The third kappa shape index (κ3) is 3.25. The van der Waals surface area contributed by atoms with E-state index in [1.54, 1.807) is 4.90 Å². The Morgan fingerprint density at radius 1 is 1.07 bits per heavy atom. The first-order chi connectivity index (χ1) is 14.3. The summed E-state index contributed by atoms with van der Waals surface area (Å²) in [5, 5.41) is 3.03. The average Bonchev–Trinajstić information content (AvgIpc) is 3.32. The van der Waals surface area contributed by atoms with Crippen LogP contribution < -0.4 is 5.32 Å². The van der Waals surface area contributed by atoms with Gasteiger partial charge >= 0.3 is 0 Å². The molecule has 5 rings (SSSR count). The van der Waals surface area contributed by atoms with Crippen LogP contribution in [0.2, 0.25) is 0 Å². The van der Waals surface area contributed by atoms with E-state index >= 15 is 0 Å². The molecule has 1 saturated carbocycles. The number of hydrogen-bond acceptors (Lipinski definition) is 5. The second-order valence-electron chi connectivity index (χ2n) is 8.25.